The summed E-state index contributed by atoms with van der Waals surface area (Å²) in [5.74, 6) is 0.0391. The van der Waals surface area contributed by atoms with Crippen molar-refractivity contribution >= 4 is 34.5 Å². The van der Waals surface area contributed by atoms with Gasteiger partial charge in [0.15, 0.2) is 0 Å². The van der Waals surface area contributed by atoms with Crippen LogP contribution < -0.4 is 5.32 Å². The summed E-state index contributed by atoms with van der Waals surface area (Å²) in [7, 11) is 0. The predicted molar refractivity (Wildman–Crippen MR) is 106 cm³/mol. The normalized spacial score (nSPS) is 16.2. The summed E-state index contributed by atoms with van der Waals surface area (Å²) in [6.07, 6.45) is 5.99. The number of pyridine rings is 1. The molecular weight excluding hydrogens is 366 g/mol. The van der Waals surface area contributed by atoms with Gasteiger partial charge in [-0.1, -0.05) is 11.6 Å². The van der Waals surface area contributed by atoms with Gasteiger partial charge in [0, 0.05) is 39.5 Å². The second kappa shape index (κ2) is 7.17. The molecule has 3 aromatic rings. The van der Waals surface area contributed by atoms with Gasteiger partial charge in [0.05, 0.1) is 5.69 Å². The number of aromatic nitrogens is 2. The summed E-state index contributed by atoms with van der Waals surface area (Å²) in [5.41, 5.74) is 3.95. The maximum Gasteiger partial charge on any atom is 0.227 e. The molecule has 4 rings (SSSR count). The van der Waals surface area contributed by atoms with E-state index in [1.165, 1.54) is 4.88 Å². The molecule has 6 heteroatoms. The molecule has 1 aliphatic carbocycles. The van der Waals surface area contributed by atoms with Crippen LogP contribution in [0.5, 0.6) is 0 Å². The largest absolute Gasteiger partial charge is 0.326 e. The van der Waals surface area contributed by atoms with Gasteiger partial charge in [-0.25, -0.2) is 4.98 Å². The lowest BCUT2D eigenvalue weighted by Gasteiger charge is -2.21. The SMILES string of the molecule is Cc1cc(Cl)ccc1NC(=O)C1CCc2nc(-c3cccnc3)sc2C1. The summed E-state index contributed by atoms with van der Waals surface area (Å²) < 4.78 is 0. The summed E-state index contributed by atoms with van der Waals surface area (Å²) in [6.45, 7) is 1.95. The Morgan fingerprint density at radius 2 is 2.23 bits per heavy atom. The number of carbonyl (C=O) groups excluding carboxylic acids is 1. The maximum absolute atomic E-state index is 12.7. The molecule has 0 fully saturated rings. The number of rotatable bonds is 3. The van der Waals surface area contributed by atoms with Crippen molar-refractivity contribution < 1.29 is 4.79 Å². The summed E-state index contributed by atoms with van der Waals surface area (Å²) in [4.78, 5) is 22.9. The molecule has 2 aromatic heterocycles. The van der Waals surface area contributed by atoms with Crippen molar-refractivity contribution in [1.82, 2.24) is 9.97 Å². The minimum absolute atomic E-state index is 0.0280. The Morgan fingerprint density at radius 3 is 3.00 bits per heavy atom. The summed E-state index contributed by atoms with van der Waals surface area (Å²) >= 11 is 7.66. The highest BCUT2D eigenvalue weighted by Gasteiger charge is 2.28. The topological polar surface area (TPSA) is 54.9 Å². The molecule has 0 spiro atoms. The van der Waals surface area contributed by atoms with E-state index in [0.29, 0.717) is 5.02 Å². The molecule has 1 unspecified atom stereocenters. The highest BCUT2D eigenvalue weighted by atomic mass is 35.5. The lowest BCUT2D eigenvalue weighted by atomic mass is 9.90. The van der Waals surface area contributed by atoms with E-state index in [2.05, 4.69) is 10.3 Å². The zero-order chi connectivity index (χ0) is 18.1. The third kappa shape index (κ3) is 3.50. The third-order valence-corrected chi connectivity index (χ3v) is 6.07. The molecule has 26 heavy (non-hydrogen) atoms. The predicted octanol–water partition coefficient (Wildman–Crippen LogP) is 4.91. The number of anilines is 1. The number of aryl methyl sites for hydroxylation is 2. The van der Waals surface area contributed by atoms with Gasteiger partial charge in [-0.05, 0) is 62.1 Å². The van der Waals surface area contributed by atoms with Gasteiger partial charge in [0.1, 0.15) is 5.01 Å². The van der Waals surface area contributed by atoms with Crippen molar-refractivity contribution in [3.8, 4) is 10.6 Å². The minimum atomic E-state index is -0.0280. The van der Waals surface area contributed by atoms with Crippen molar-refractivity contribution in [2.75, 3.05) is 5.32 Å². The molecular formula is C20H18ClN3OS. The number of thiazole rings is 1. The number of hydrogen-bond acceptors (Lipinski definition) is 4. The van der Waals surface area contributed by atoms with Crippen LogP contribution in [0.4, 0.5) is 5.69 Å². The van der Waals surface area contributed by atoms with Crippen molar-refractivity contribution in [2.45, 2.75) is 26.2 Å². The molecule has 1 amide bonds. The van der Waals surface area contributed by atoms with Gasteiger partial charge in [0.25, 0.3) is 0 Å². The number of benzene rings is 1. The first-order chi connectivity index (χ1) is 12.6. The first-order valence-corrected chi connectivity index (χ1v) is 9.75. The Kier molecular flexibility index (Phi) is 4.74. The fourth-order valence-electron chi connectivity index (χ4n) is 3.21. The average molecular weight is 384 g/mol. The molecule has 0 radical (unpaired) electrons. The Bertz CT molecular complexity index is 955. The van der Waals surface area contributed by atoms with E-state index in [1.54, 1.807) is 23.6 Å². The molecule has 1 N–H and O–H groups in total. The van der Waals surface area contributed by atoms with E-state index in [-0.39, 0.29) is 11.8 Å². The summed E-state index contributed by atoms with van der Waals surface area (Å²) in [6, 6.07) is 9.45. The van der Waals surface area contributed by atoms with Gasteiger partial charge in [0.2, 0.25) is 5.91 Å². The molecule has 4 nitrogen and oxygen atoms in total. The molecule has 0 bridgehead atoms. The van der Waals surface area contributed by atoms with Crippen LogP contribution in [0.1, 0.15) is 22.6 Å². The van der Waals surface area contributed by atoms with Crippen LogP contribution in [0.25, 0.3) is 10.6 Å². The van der Waals surface area contributed by atoms with Gasteiger partial charge in [-0.15, -0.1) is 11.3 Å². The highest BCUT2D eigenvalue weighted by molar-refractivity contribution is 7.15. The van der Waals surface area contributed by atoms with E-state index in [4.69, 9.17) is 16.6 Å². The standard InChI is InChI=1S/C20H18ClN3OS/c1-12-9-15(21)5-7-16(12)23-19(25)13-4-6-17-18(10-13)26-20(24-17)14-3-2-8-22-11-14/h2-3,5,7-9,11,13H,4,6,10H2,1H3,(H,23,25). The highest BCUT2D eigenvalue weighted by Crippen LogP contribution is 2.35. The van der Waals surface area contributed by atoms with Crippen LogP contribution in [-0.2, 0) is 17.6 Å². The van der Waals surface area contributed by atoms with Crippen LogP contribution in [0.3, 0.4) is 0 Å². The second-order valence-corrected chi connectivity index (χ2v) is 8.04. The van der Waals surface area contributed by atoms with Crippen molar-refractivity contribution in [3.05, 3.63) is 63.9 Å². The minimum Gasteiger partial charge on any atom is -0.326 e. The fraction of sp³-hybridized carbons (Fsp3) is 0.250. The number of halogens is 1. The third-order valence-electron chi connectivity index (χ3n) is 4.67. The van der Waals surface area contributed by atoms with Crippen LogP contribution in [-0.4, -0.2) is 15.9 Å². The zero-order valence-corrected chi connectivity index (χ0v) is 15.9. The van der Waals surface area contributed by atoms with Gasteiger partial charge >= 0.3 is 0 Å². The molecule has 0 aliphatic heterocycles. The first kappa shape index (κ1) is 17.2. The van der Waals surface area contributed by atoms with E-state index >= 15 is 0 Å². The monoisotopic (exact) mass is 383 g/mol. The Morgan fingerprint density at radius 1 is 1.35 bits per heavy atom. The number of fused-ring (bicyclic) bond motifs is 1. The maximum atomic E-state index is 12.7. The van der Waals surface area contributed by atoms with E-state index < -0.39 is 0 Å². The number of nitrogens with zero attached hydrogens (tertiary/aromatic N) is 2. The smallest absolute Gasteiger partial charge is 0.227 e. The van der Waals surface area contributed by atoms with Crippen molar-refractivity contribution in [2.24, 2.45) is 5.92 Å². The van der Waals surface area contributed by atoms with E-state index in [0.717, 1.165) is 46.8 Å². The van der Waals surface area contributed by atoms with Crippen molar-refractivity contribution in [1.29, 1.82) is 0 Å². The van der Waals surface area contributed by atoms with E-state index in [9.17, 15) is 4.79 Å². The quantitative estimate of drug-likeness (QED) is 0.699. The molecule has 1 aliphatic rings. The molecule has 2 heterocycles. The van der Waals surface area contributed by atoms with Crippen molar-refractivity contribution in [3.63, 3.8) is 0 Å². The van der Waals surface area contributed by atoms with Crippen LogP contribution >= 0.6 is 22.9 Å². The molecule has 0 saturated carbocycles. The first-order valence-electron chi connectivity index (χ1n) is 8.56. The van der Waals surface area contributed by atoms with E-state index in [1.807, 2.05) is 37.4 Å². The lowest BCUT2D eigenvalue weighted by molar-refractivity contribution is -0.120. The number of hydrogen-bond donors (Lipinski definition) is 1. The second-order valence-electron chi connectivity index (χ2n) is 6.52. The summed E-state index contributed by atoms with van der Waals surface area (Å²) in [5, 5.41) is 4.71. The number of carbonyl (C=O) groups is 1. The Labute approximate surface area is 161 Å². The molecule has 1 atom stereocenters. The lowest BCUT2D eigenvalue weighted by Crippen LogP contribution is -2.28. The molecule has 0 saturated heterocycles. The Hall–Kier alpha value is -2.24. The Balaban J connectivity index is 1.49. The molecule has 132 valence electrons. The number of nitrogens with one attached hydrogen (secondary N) is 1. The van der Waals surface area contributed by atoms with Crippen LogP contribution in [0.15, 0.2) is 42.7 Å². The van der Waals surface area contributed by atoms with Crippen LogP contribution in [0, 0.1) is 12.8 Å². The average Bonchev–Trinajstić information content (AvgIpc) is 3.08. The number of amides is 1. The van der Waals surface area contributed by atoms with Crippen LogP contribution in [0.2, 0.25) is 5.02 Å². The molecule has 1 aromatic carbocycles. The van der Waals surface area contributed by atoms with Gasteiger partial charge in [-0.3, -0.25) is 9.78 Å². The zero-order valence-electron chi connectivity index (χ0n) is 14.3. The van der Waals surface area contributed by atoms with Gasteiger partial charge < -0.3 is 5.32 Å². The van der Waals surface area contributed by atoms with Gasteiger partial charge in [-0.2, -0.15) is 0 Å². The fourth-order valence-corrected chi connectivity index (χ4v) is 4.62.